The summed E-state index contributed by atoms with van der Waals surface area (Å²) in [7, 11) is 0. The van der Waals surface area contributed by atoms with Gasteiger partial charge in [0, 0.05) is 21.3 Å². The van der Waals surface area contributed by atoms with Gasteiger partial charge in [0.25, 0.3) is 0 Å². The summed E-state index contributed by atoms with van der Waals surface area (Å²) in [5.74, 6) is 0. The molecule has 0 bridgehead atoms. The Labute approximate surface area is 108 Å². The van der Waals surface area contributed by atoms with Crippen molar-refractivity contribution in [1.29, 1.82) is 0 Å². The summed E-state index contributed by atoms with van der Waals surface area (Å²) in [5.41, 5.74) is 0.332. The monoisotopic (exact) mass is 299 g/mol. The van der Waals surface area contributed by atoms with Crippen molar-refractivity contribution in [3.63, 3.8) is 0 Å². The summed E-state index contributed by atoms with van der Waals surface area (Å²) in [6.45, 7) is 5.38. The van der Waals surface area contributed by atoms with Gasteiger partial charge in [-0.2, -0.15) is 0 Å². The first-order chi connectivity index (χ1) is 7.75. The lowest BCUT2D eigenvalue weighted by Gasteiger charge is -2.33. The molecule has 0 aliphatic heterocycles. The molecule has 1 amide bonds. The summed E-state index contributed by atoms with van der Waals surface area (Å²) in [5, 5.41) is 9.24. The van der Waals surface area contributed by atoms with Crippen LogP contribution in [0.4, 0.5) is 10.5 Å². The molecule has 1 aromatic carbocycles. The maximum absolute atomic E-state index is 11.3. The number of rotatable bonds is 2. The molecular weight excluding hydrogens is 286 g/mol. The molecule has 5 heteroatoms. The van der Waals surface area contributed by atoms with Crippen molar-refractivity contribution in [2.45, 2.75) is 26.3 Å². The third-order valence-electron chi connectivity index (χ3n) is 2.16. The van der Waals surface area contributed by atoms with Gasteiger partial charge in [-0.3, -0.25) is 9.69 Å². The minimum absolute atomic E-state index is 0.435. The third-order valence-corrected chi connectivity index (χ3v) is 2.62. The SMILES string of the molecule is CC(C)(C)N(C(=O)O)c1cc(Br)cc(C=O)c1. The van der Waals surface area contributed by atoms with Crippen LogP contribution in [-0.4, -0.2) is 23.0 Å². The van der Waals surface area contributed by atoms with E-state index < -0.39 is 11.6 Å². The number of aldehydes is 1. The second kappa shape index (κ2) is 4.87. The lowest BCUT2D eigenvalue weighted by atomic mass is 10.0. The van der Waals surface area contributed by atoms with Gasteiger partial charge in [0.15, 0.2) is 0 Å². The molecule has 0 heterocycles. The van der Waals surface area contributed by atoms with E-state index in [-0.39, 0.29) is 0 Å². The number of anilines is 1. The molecule has 0 aliphatic rings. The first-order valence-corrected chi connectivity index (χ1v) is 5.84. The lowest BCUT2D eigenvalue weighted by molar-refractivity contribution is 0.112. The second-order valence-corrected chi connectivity index (χ2v) is 5.57. The molecule has 0 unspecified atom stereocenters. The van der Waals surface area contributed by atoms with Crippen molar-refractivity contribution in [2.75, 3.05) is 4.90 Å². The average molecular weight is 300 g/mol. The largest absolute Gasteiger partial charge is 0.465 e. The van der Waals surface area contributed by atoms with Crippen LogP contribution in [0, 0.1) is 0 Å². The highest BCUT2D eigenvalue weighted by molar-refractivity contribution is 9.10. The van der Waals surface area contributed by atoms with E-state index in [1.54, 1.807) is 39.0 Å². The van der Waals surface area contributed by atoms with Crippen LogP contribution >= 0.6 is 15.9 Å². The van der Waals surface area contributed by atoms with Crippen LogP contribution in [0.1, 0.15) is 31.1 Å². The number of carbonyl (C=O) groups is 2. The van der Waals surface area contributed by atoms with Crippen LogP contribution in [-0.2, 0) is 0 Å². The number of carboxylic acid groups (broad SMARTS) is 1. The first kappa shape index (κ1) is 13.7. The van der Waals surface area contributed by atoms with Gasteiger partial charge >= 0.3 is 6.09 Å². The number of nitrogens with zero attached hydrogens (tertiary/aromatic N) is 1. The van der Waals surface area contributed by atoms with E-state index in [1.165, 1.54) is 4.90 Å². The van der Waals surface area contributed by atoms with Gasteiger partial charge in [-0.25, -0.2) is 4.79 Å². The van der Waals surface area contributed by atoms with Gasteiger partial charge in [-0.15, -0.1) is 0 Å². The molecule has 17 heavy (non-hydrogen) atoms. The first-order valence-electron chi connectivity index (χ1n) is 5.04. The molecule has 0 aliphatic carbocycles. The Bertz CT molecular complexity index is 452. The molecule has 0 spiro atoms. The predicted molar refractivity (Wildman–Crippen MR) is 69.8 cm³/mol. The van der Waals surface area contributed by atoms with Crippen LogP contribution in [0.15, 0.2) is 22.7 Å². The fourth-order valence-electron chi connectivity index (χ4n) is 1.58. The molecule has 0 fully saturated rings. The molecule has 92 valence electrons. The fourth-order valence-corrected chi connectivity index (χ4v) is 2.08. The van der Waals surface area contributed by atoms with Crippen molar-refractivity contribution >= 4 is 34.0 Å². The van der Waals surface area contributed by atoms with E-state index in [0.29, 0.717) is 22.0 Å². The van der Waals surface area contributed by atoms with E-state index in [1.807, 2.05) is 0 Å². The average Bonchev–Trinajstić information content (AvgIpc) is 2.13. The maximum Gasteiger partial charge on any atom is 0.412 e. The van der Waals surface area contributed by atoms with Crippen LogP contribution in [0.5, 0.6) is 0 Å². The lowest BCUT2D eigenvalue weighted by Crippen LogP contribution is -2.45. The minimum Gasteiger partial charge on any atom is -0.465 e. The molecule has 1 N–H and O–H groups in total. The topological polar surface area (TPSA) is 57.6 Å². The summed E-state index contributed by atoms with van der Waals surface area (Å²) >= 11 is 3.26. The molecule has 4 nitrogen and oxygen atoms in total. The standard InChI is InChI=1S/C12H14BrNO3/c1-12(2,3)14(11(16)17)10-5-8(7-15)4-9(13)6-10/h4-7H,1-3H3,(H,16,17). The molecular formula is C12H14BrNO3. The number of amides is 1. The Morgan fingerprint density at radius 2 is 1.94 bits per heavy atom. The van der Waals surface area contributed by atoms with E-state index in [0.717, 1.165) is 0 Å². The van der Waals surface area contributed by atoms with Crippen LogP contribution in [0.2, 0.25) is 0 Å². The Morgan fingerprint density at radius 3 is 2.35 bits per heavy atom. The summed E-state index contributed by atoms with van der Waals surface area (Å²) in [6, 6.07) is 4.86. The van der Waals surface area contributed by atoms with Gasteiger partial charge in [0.1, 0.15) is 6.29 Å². The van der Waals surface area contributed by atoms with Gasteiger partial charge in [0.05, 0.1) is 0 Å². The second-order valence-electron chi connectivity index (χ2n) is 4.65. The van der Waals surface area contributed by atoms with Gasteiger partial charge in [0.2, 0.25) is 0 Å². The molecule has 1 rings (SSSR count). The minimum atomic E-state index is -1.05. The zero-order valence-corrected chi connectivity index (χ0v) is 11.5. The predicted octanol–water partition coefficient (Wildman–Crippen LogP) is 3.54. The zero-order chi connectivity index (χ0) is 13.2. The number of benzene rings is 1. The van der Waals surface area contributed by atoms with Gasteiger partial charge in [-0.1, -0.05) is 15.9 Å². The maximum atomic E-state index is 11.3. The normalized spacial score (nSPS) is 11.1. The van der Waals surface area contributed by atoms with Crippen molar-refractivity contribution < 1.29 is 14.7 Å². The van der Waals surface area contributed by atoms with Crippen molar-refractivity contribution in [3.05, 3.63) is 28.2 Å². The Balaban J connectivity index is 3.33. The van der Waals surface area contributed by atoms with Crippen LogP contribution < -0.4 is 4.90 Å². The Hall–Kier alpha value is -1.36. The number of halogens is 1. The molecule has 0 atom stereocenters. The number of hydrogen-bond acceptors (Lipinski definition) is 2. The number of carbonyl (C=O) groups excluding carboxylic acids is 1. The van der Waals surface area contributed by atoms with Gasteiger partial charge in [-0.05, 0) is 39.0 Å². The van der Waals surface area contributed by atoms with E-state index in [4.69, 9.17) is 0 Å². The van der Waals surface area contributed by atoms with Crippen LogP contribution in [0.3, 0.4) is 0 Å². The third kappa shape index (κ3) is 3.30. The fraction of sp³-hybridized carbons (Fsp3) is 0.333. The molecule has 0 radical (unpaired) electrons. The summed E-state index contributed by atoms with van der Waals surface area (Å²) in [4.78, 5) is 23.3. The Kier molecular flexibility index (Phi) is 3.93. The molecule has 1 aromatic rings. The van der Waals surface area contributed by atoms with Crippen LogP contribution in [0.25, 0.3) is 0 Å². The highest BCUT2D eigenvalue weighted by Gasteiger charge is 2.28. The van der Waals surface area contributed by atoms with E-state index >= 15 is 0 Å². The van der Waals surface area contributed by atoms with E-state index in [9.17, 15) is 14.7 Å². The van der Waals surface area contributed by atoms with E-state index in [2.05, 4.69) is 15.9 Å². The van der Waals surface area contributed by atoms with Gasteiger partial charge < -0.3 is 5.11 Å². The molecule has 0 saturated heterocycles. The smallest absolute Gasteiger partial charge is 0.412 e. The Morgan fingerprint density at radius 1 is 1.35 bits per heavy atom. The van der Waals surface area contributed by atoms with Crippen molar-refractivity contribution in [1.82, 2.24) is 0 Å². The highest BCUT2D eigenvalue weighted by Crippen LogP contribution is 2.28. The zero-order valence-electron chi connectivity index (χ0n) is 9.90. The highest BCUT2D eigenvalue weighted by atomic mass is 79.9. The summed E-state index contributed by atoms with van der Waals surface area (Å²) in [6.07, 6.45) is -0.357. The summed E-state index contributed by atoms with van der Waals surface area (Å²) < 4.78 is 0.674. The number of hydrogen-bond donors (Lipinski definition) is 1. The van der Waals surface area contributed by atoms with Crippen molar-refractivity contribution in [3.8, 4) is 0 Å². The quantitative estimate of drug-likeness (QED) is 0.850. The molecule has 0 saturated carbocycles. The van der Waals surface area contributed by atoms with Crippen molar-refractivity contribution in [2.24, 2.45) is 0 Å². The molecule has 0 aromatic heterocycles.